The lowest BCUT2D eigenvalue weighted by atomic mass is 9.71. The van der Waals surface area contributed by atoms with Crippen LogP contribution in [0.25, 0.3) is 15.7 Å². The lowest BCUT2D eigenvalue weighted by molar-refractivity contribution is 0.0830. The Hall–Kier alpha value is -1.32. The molecule has 1 heterocycles. The molecule has 1 aromatic carbocycles. The molecule has 0 unspecified atom stereocenters. The minimum absolute atomic E-state index is 0.0437. The predicted molar refractivity (Wildman–Crippen MR) is 83.4 cm³/mol. The molecule has 0 radical (unpaired) electrons. The van der Waals surface area contributed by atoms with Gasteiger partial charge in [0.05, 0.1) is 13.2 Å². The van der Waals surface area contributed by atoms with Crippen LogP contribution in [0.5, 0.6) is 5.75 Å². The minimum Gasteiger partial charge on any atom is -0.497 e. The van der Waals surface area contributed by atoms with Crippen molar-refractivity contribution in [2.75, 3.05) is 7.11 Å². The van der Waals surface area contributed by atoms with Gasteiger partial charge in [0, 0.05) is 15.0 Å². The topological polar surface area (TPSA) is 29.5 Å². The van der Waals surface area contributed by atoms with E-state index in [1.54, 1.807) is 7.11 Å². The summed E-state index contributed by atoms with van der Waals surface area (Å²) in [6, 6.07) is 6.35. The second kappa shape index (κ2) is 4.09. The van der Waals surface area contributed by atoms with E-state index in [2.05, 4.69) is 25.1 Å². The normalized spacial score (nSPS) is 28.1. The van der Waals surface area contributed by atoms with E-state index in [1.807, 2.05) is 17.4 Å². The van der Waals surface area contributed by atoms with E-state index in [4.69, 9.17) is 4.74 Å². The molecule has 3 heteroatoms. The van der Waals surface area contributed by atoms with E-state index >= 15 is 0 Å². The van der Waals surface area contributed by atoms with Crippen LogP contribution in [0.1, 0.15) is 30.2 Å². The zero-order chi connectivity index (χ0) is 13.9. The highest BCUT2D eigenvalue weighted by atomic mass is 32.1. The van der Waals surface area contributed by atoms with Crippen molar-refractivity contribution in [3.05, 3.63) is 34.7 Å². The van der Waals surface area contributed by atoms with Crippen molar-refractivity contribution in [3.63, 3.8) is 0 Å². The van der Waals surface area contributed by atoms with Crippen molar-refractivity contribution in [2.24, 2.45) is 5.41 Å². The molecule has 2 aromatic rings. The Bertz CT molecular complexity index is 728. The first-order valence-electron chi connectivity index (χ1n) is 7.12. The second-order valence-electron chi connectivity index (χ2n) is 6.06. The van der Waals surface area contributed by atoms with Crippen molar-refractivity contribution in [2.45, 2.75) is 32.3 Å². The lowest BCUT2D eigenvalue weighted by Gasteiger charge is -2.35. The van der Waals surface area contributed by atoms with E-state index in [0.717, 1.165) is 25.0 Å². The molecule has 0 fully saturated rings. The predicted octanol–water partition coefficient (Wildman–Crippen LogP) is 4.01. The quantitative estimate of drug-likeness (QED) is 0.858. The van der Waals surface area contributed by atoms with Crippen molar-refractivity contribution in [3.8, 4) is 5.75 Å². The first-order chi connectivity index (χ1) is 9.63. The number of hydrogen-bond donors (Lipinski definition) is 1. The monoisotopic (exact) mass is 286 g/mol. The number of benzene rings is 1. The number of aryl methyl sites for hydroxylation is 1. The van der Waals surface area contributed by atoms with E-state index in [1.165, 1.54) is 26.1 Å². The molecule has 0 spiro atoms. The Morgan fingerprint density at radius 2 is 2.25 bits per heavy atom. The maximum atomic E-state index is 10.3. The van der Waals surface area contributed by atoms with Crippen LogP contribution in [-0.4, -0.2) is 18.3 Å². The van der Waals surface area contributed by atoms with Gasteiger partial charge in [-0.3, -0.25) is 0 Å². The molecule has 0 bridgehead atoms. The minimum atomic E-state index is -0.217. The van der Waals surface area contributed by atoms with Crippen LogP contribution < -0.4 is 4.74 Å². The maximum Gasteiger partial charge on any atom is 0.120 e. The van der Waals surface area contributed by atoms with Crippen molar-refractivity contribution >= 4 is 27.0 Å². The van der Waals surface area contributed by atoms with Gasteiger partial charge in [-0.05, 0) is 54.0 Å². The molecule has 2 aliphatic rings. The molecule has 1 N–H and O–H groups in total. The summed E-state index contributed by atoms with van der Waals surface area (Å²) in [6.45, 7) is 2.21. The fourth-order valence-electron chi connectivity index (χ4n) is 3.66. The molecule has 104 valence electrons. The number of fused-ring (bicyclic) bond motifs is 5. The van der Waals surface area contributed by atoms with Gasteiger partial charge in [0.15, 0.2) is 0 Å². The van der Waals surface area contributed by atoms with Crippen molar-refractivity contribution in [1.29, 1.82) is 0 Å². The number of rotatable bonds is 1. The van der Waals surface area contributed by atoms with Gasteiger partial charge in [0.2, 0.25) is 0 Å². The van der Waals surface area contributed by atoms with Crippen LogP contribution in [-0.2, 0) is 6.42 Å². The van der Waals surface area contributed by atoms with E-state index < -0.39 is 0 Å². The average molecular weight is 286 g/mol. The number of methoxy groups -OCH3 is 1. The van der Waals surface area contributed by atoms with E-state index in [0.29, 0.717) is 0 Å². The van der Waals surface area contributed by atoms with E-state index in [-0.39, 0.29) is 11.5 Å². The lowest BCUT2D eigenvalue weighted by Crippen LogP contribution is -2.32. The summed E-state index contributed by atoms with van der Waals surface area (Å²) in [5.74, 6) is 0.916. The van der Waals surface area contributed by atoms with E-state index in [9.17, 15) is 5.11 Å². The van der Waals surface area contributed by atoms with Gasteiger partial charge < -0.3 is 9.84 Å². The van der Waals surface area contributed by atoms with Gasteiger partial charge >= 0.3 is 0 Å². The smallest absolute Gasteiger partial charge is 0.120 e. The van der Waals surface area contributed by atoms with Crippen LogP contribution in [0.3, 0.4) is 0 Å². The fourth-order valence-corrected chi connectivity index (χ4v) is 5.12. The van der Waals surface area contributed by atoms with Gasteiger partial charge in [-0.25, -0.2) is 0 Å². The van der Waals surface area contributed by atoms with Crippen LogP contribution in [0, 0.1) is 5.41 Å². The molecule has 0 aliphatic heterocycles. The van der Waals surface area contributed by atoms with Gasteiger partial charge in [0.25, 0.3) is 0 Å². The summed E-state index contributed by atoms with van der Waals surface area (Å²) in [5.41, 5.74) is 2.79. The third-order valence-corrected chi connectivity index (χ3v) is 6.26. The summed E-state index contributed by atoms with van der Waals surface area (Å²) in [7, 11) is 1.71. The van der Waals surface area contributed by atoms with Gasteiger partial charge in [-0.15, -0.1) is 11.3 Å². The Kier molecular flexibility index (Phi) is 2.54. The highest BCUT2D eigenvalue weighted by Crippen LogP contribution is 2.55. The number of ether oxygens (including phenoxy) is 1. The van der Waals surface area contributed by atoms with Crippen molar-refractivity contribution < 1.29 is 9.84 Å². The highest BCUT2D eigenvalue weighted by molar-refractivity contribution is 7.20. The molecular weight excluding hydrogens is 268 g/mol. The largest absolute Gasteiger partial charge is 0.497 e. The average Bonchev–Trinajstić information content (AvgIpc) is 2.96. The Morgan fingerprint density at radius 1 is 1.40 bits per heavy atom. The van der Waals surface area contributed by atoms with Gasteiger partial charge in [-0.1, -0.05) is 13.0 Å². The number of aliphatic hydroxyl groups excluding tert-OH is 1. The van der Waals surface area contributed by atoms with Crippen LogP contribution >= 0.6 is 11.3 Å². The van der Waals surface area contributed by atoms with Crippen LogP contribution in [0.15, 0.2) is 24.3 Å². The molecule has 1 aromatic heterocycles. The SMILES string of the molecule is COc1ccc2c3c(sc2c1)C1=CC[C@H](O)[C@@]1(C)CC3. The zero-order valence-electron chi connectivity index (χ0n) is 11.8. The molecule has 0 amide bonds. The molecule has 2 nitrogen and oxygen atoms in total. The highest BCUT2D eigenvalue weighted by Gasteiger charge is 2.44. The Labute approximate surface area is 122 Å². The molecule has 4 rings (SSSR count). The summed E-state index contributed by atoms with van der Waals surface area (Å²) in [5, 5.41) is 11.7. The van der Waals surface area contributed by atoms with Crippen LogP contribution in [0.2, 0.25) is 0 Å². The summed E-state index contributed by atoms with van der Waals surface area (Å²) >= 11 is 1.85. The fraction of sp³-hybridized carbons (Fsp3) is 0.412. The molecule has 0 saturated carbocycles. The Morgan fingerprint density at radius 3 is 3.05 bits per heavy atom. The van der Waals surface area contributed by atoms with Gasteiger partial charge in [-0.2, -0.15) is 0 Å². The second-order valence-corrected chi connectivity index (χ2v) is 7.11. The zero-order valence-corrected chi connectivity index (χ0v) is 12.6. The summed E-state index contributed by atoms with van der Waals surface area (Å²) in [6.07, 6.45) is 4.93. The maximum absolute atomic E-state index is 10.3. The Balaban J connectivity index is 1.94. The number of aliphatic hydroxyl groups is 1. The first-order valence-corrected chi connectivity index (χ1v) is 7.93. The third kappa shape index (κ3) is 1.48. The van der Waals surface area contributed by atoms with Gasteiger partial charge in [0.1, 0.15) is 5.75 Å². The molecule has 2 aliphatic carbocycles. The third-order valence-electron chi connectivity index (χ3n) is 5.03. The first kappa shape index (κ1) is 12.4. The molecular formula is C17H18O2S. The molecule has 2 atom stereocenters. The van der Waals surface area contributed by atoms with Crippen molar-refractivity contribution in [1.82, 2.24) is 0 Å². The number of hydrogen-bond acceptors (Lipinski definition) is 3. The summed E-state index contributed by atoms with van der Waals surface area (Å²) in [4.78, 5) is 1.39. The molecule has 0 saturated heterocycles. The number of thiophene rings is 1. The van der Waals surface area contributed by atoms with Crippen LogP contribution in [0.4, 0.5) is 0 Å². The standard InChI is InChI=1S/C17H18O2S/c1-17-8-7-12-11-4-3-10(19-2)9-14(11)20-16(12)13(17)5-6-15(17)18/h3-5,9,15,18H,6-8H2,1-2H3/t15-,17-/m0/s1. The summed E-state index contributed by atoms with van der Waals surface area (Å²) < 4.78 is 6.62. The molecule has 20 heavy (non-hydrogen) atoms.